The summed E-state index contributed by atoms with van der Waals surface area (Å²) in [6.07, 6.45) is -0.462. The molecular formula is C13H25NO5. The van der Waals surface area contributed by atoms with Gasteiger partial charge in [-0.05, 0) is 34.6 Å². The number of aliphatic hydroxyl groups is 1. The summed E-state index contributed by atoms with van der Waals surface area (Å²) in [5.74, 6) is -0.374. The molecule has 0 fully saturated rings. The van der Waals surface area contributed by atoms with Gasteiger partial charge in [0.15, 0.2) is 0 Å². The van der Waals surface area contributed by atoms with Gasteiger partial charge in [0.2, 0.25) is 0 Å². The van der Waals surface area contributed by atoms with E-state index in [-0.39, 0.29) is 25.5 Å². The van der Waals surface area contributed by atoms with E-state index in [0.717, 1.165) is 0 Å². The first kappa shape index (κ1) is 17.7. The number of hydrogen-bond donors (Lipinski definition) is 1. The number of carbonyl (C=O) groups excluding carboxylic acids is 2. The van der Waals surface area contributed by atoms with E-state index < -0.39 is 17.7 Å². The van der Waals surface area contributed by atoms with Crippen molar-refractivity contribution in [3.8, 4) is 0 Å². The molecule has 0 aromatic heterocycles. The number of hydrogen-bond acceptors (Lipinski definition) is 5. The molecule has 0 spiro atoms. The molecule has 0 aliphatic rings. The summed E-state index contributed by atoms with van der Waals surface area (Å²) in [6, 6.07) is -0.413. The Kier molecular flexibility index (Phi) is 7.44. The summed E-state index contributed by atoms with van der Waals surface area (Å²) in [7, 11) is 0. The standard InChI is InChI=1S/C13H25NO5/c1-6-18-11(16)7-8-14(10(2)9-15)12(17)19-13(3,4)5/h10,15H,6-9H2,1-5H3. The Morgan fingerprint density at radius 2 is 1.89 bits per heavy atom. The Morgan fingerprint density at radius 1 is 1.32 bits per heavy atom. The SMILES string of the molecule is CCOC(=O)CCN(C(=O)OC(C)(C)C)C(C)CO. The highest BCUT2D eigenvalue weighted by Gasteiger charge is 2.26. The van der Waals surface area contributed by atoms with Crippen molar-refractivity contribution in [2.24, 2.45) is 0 Å². The largest absolute Gasteiger partial charge is 0.466 e. The van der Waals surface area contributed by atoms with Crippen molar-refractivity contribution in [3.63, 3.8) is 0 Å². The average Bonchev–Trinajstić information content (AvgIpc) is 2.26. The van der Waals surface area contributed by atoms with E-state index in [9.17, 15) is 9.59 Å². The molecule has 1 N–H and O–H groups in total. The van der Waals surface area contributed by atoms with Gasteiger partial charge < -0.3 is 19.5 Å². The Balaban J connectivity index is 4.55. The number of rotatable bonds is 6. The first-order chi connectivity index (χ1) is 8.71. The maximum atomic E-state index is 12.0. The second-order valence-electron chi connectivity index (χ2n) is 5.26. The monoisotopic (exact) mass is 275 g/mol. The predicted molar refractivity (Wildman–Crippen MR) is 70.7 cm³/mol. The highest BCUT2D eigenvalue weighted by molar-refractivity contribution is 5.72. The van der Waals surface area contributed by atoms with E-state index in [2.05, 4.69) is 0 Å². The summed E-state index contributed by atoms with van der Waals surface area (Å²) >= 11 is 0. The predicted octanol–water partition coefficient (Wildman–Crippen LogP) is 1.56. The van der Waals surface area contributed by atoms with Crippen LogP contribution in [-0.2, 0) is 14.3 Å². The summed E-state index contributed by atoms with van der Waals surface area (Å²) < 4.78 is 10.0. The Hall–Kier alpha value is -1.30. The molecule has 112 valence electrons. The van der Waals surface area contributed by atoms with Crippen LogP contribution in [0.3, 0.4) is 0 Å². The first-order valence-corrected chi connectivity index (χ1v) is 6.47. The lowest BCUT2D eigenvalue weighted by molar-refractivity contribution is -0.143. The molecule has 0 saturated heterocycles. The fourth-order valence-electron chi connectivity index (χ4n) is 1.36. The zero-order chi connectivity index (χ0) is 15.1. The van der Waals surface area contributed by atoms with Crippen LogP contribution in [0.1, 0.15) is 41.0 Å². The minimum Gasteiger partial charge on any atom is -0.466 e. The van der Waals surface area contributed by atoms with Crippen LogP contribution in [-0.4, -0.2) is 53.5 Å². The third kappa shape index (κ3) is 7.66. The molecule has 19 heavy (non-hydrogen) atoms. The summed E-state index contributed by atoms with van der Waals surface area (Å²) in [6.45, 7) is 8.97. The van der Waals surface area contributed by atoms with Crippen LogP contribution in [0.4, 0.5) is 4.79 Å². The topological polar surface area (TPSA) is 76.1 Å². The van der Waals surface area contributed by atoms with E-state index in [1.165, 1.54) is 4.90 Å². The van der Waals surface area contributed by atoms with E-state index in [1.54, 1.807) is 34.6 Å². The van der Waals surface area contributed by atoms with E-state index in [4.69, 9.17) is 14.6 Å². The van der Waals surface area contributed by atoms with E-state index in [1.807, 2.05) is 0 Å². The highest BCUT2D eigenvalue weighted by atomic mass is 16.6. The van der Waals surface area contributed by atoms with Crippen molar-refractivity contribution in [2.45, 2.75) is 52.7 Å². The van der Waals surface area contributed by atoms with Gasteiger partial charge in [0.1, 0.15) is 5.60 Å². The molecule has 0 aromatic rings. The molecule has 6 nitrogen and oxygen atoms in total. The van der Waals surface area contributed by atoms with Crippen LogP contribution in [0.25, 0.3) is 0 Å². The van der Waals surface area contributed by atoms with Gasteiger partial charge in [0.25, 0.3) is 0 Å². The average molecular weight is 275 g/mol. The number of aliphatic hydroxyl groups excluding tert-OH is 1. The van der Waals surface area contributed by atoms with Gasteiger partial charge >= 0.3 is 12.1 Å². The molecule has 0 aromatic carbocycles. The smallest absolute Gasteiger partial charge is 0.410 e. The lowest BCUT2D eigenvalue weighted by Gasteiger charge is -2.30. The lowest BCUT2D eigenvalue weighted by atomic mass is 10.2. The first-order valence-electron chi connectivity index (χ1n) is 6.47. The number of carbonyl (C=O) groups is 2. The third-order valence-electron chi connectivity index (χ3n) is 2.29. The molecular weight excluding hydrogens is 250 g/mol. The maximum Gasteiger partial charge on any atom is 0.410 e. The quantitative estimate of drug-likeness (QED) is 0.744. The van der Waals surface area contributed by atoms with Crippen molar-refractivity contribution >= 4 is 12.1 Å². The van der Waals surface area contributed by atoms with E-state index in [0.29, 0.717) is 6.61 Å². The molecule has 0 saturated carbocycles. The zero-order valence-corrected chi connectivity index (χ0v) is 12.4. The van der Waals surface area contributed by atoms with Crippen LogP contribution < -0.4 is 0 Å². The second kappa shape index (κ2) is 7.99. The summed E-state index contributed by atoms with van der Waals surface area (Å²) in [5, 5.41) is 9.16. The lowest BCUT2D eigenvalue weighted by Crippen LogP contribution is -2.44. The van der Waals surface area contributed by atoms with Gasteiger partial charge in [-0.15, -0.1) is 0 Å². The summed E-state index contributed by atoms with van der Waals surface area (Å²) in [5.41, 5.74) is -0.617. The number of ether oxygens (including phenoxy) is 2. The van der Waals surface area contributed by atoms with Gasteiger partial charge in [0.05, 0.1) is 25.7 Å². The Bertz CT molecular complexity index is 298. The molecule has 0 heterocycles. The number of esters is 1. The van der Waals surface area contributed by atoms with Crippen LogP contribution in [0.2, 0.25) is 0 Å². The molecule has 0 aliphatic heterocycles. The maximum absolute atomic E-state index is 12.0. The van der Waals surface area contributed by atoms with Crippen molar-refractivity contribution in [1.82, 2.24) is 4.90 Å². The van der Waals surface area contributed by atoms with Gasteiger partial charge in [0, 0.05) is 6.54 Å². The van der Waals surface area contributed by atoms with Crippen molar-refractivity contribution in [3.05, 3.63) is 0 Å². The van der Waals surface area contributed by atoms with Gasteiger partial charge in [-0.2, -0.15) is 0 Å². The van der Waals surface area contributed by atoms with Crippen molar-refractivity contribution in [2.75, 3.05) is 19.8 Å². The normalized spacial score (nSPS) is 12.7. The molecule has 0 aliphatic carbocycles. The van der Waals surface area contributed by atoms with Crippen molar-refractivity contribution in [1.29, 1.82) is 0 Å². The molecule has 1 amide bonds. The third-order valence-corrected chi connectivity index (χ3v) is 2.29. The number of amides is 1. The molecule has 0 radical (unpaired) electrons. The molecule has 1 unspecified atom stereocenters. The van der Waals surface area contributed by atoms with Gasteiger partial charge in [-0.3, -0.25) is 4.79 Å². The van der Waals surface area contributed by atoms with Crippen LogP contribution >= 0.6 is 0 Å². The van der Waals surface area contributed by atoms with E-state index >= 15 is 0 Å². The van der Waals surface area contributed by atoms with Gasteiger partial charge in [-0.1, -0.05) is 0 Å². The minimum atomic E-state index is -0.617. The zero-order valence-electron chi connectivity index (χ0n) is 12.4. The van der Waals surface area contributed by atoms with Crippen LogP contribution in [0, 0.1) is 0 Å². The molecule has 0 bridgehead atoms. The fraction of sp³-hybridized carbons (Fsp3) is 0.846. The minimum absolute atomic E-state index is 0.0808. The van der Waals surface area contributed by atoms with Crippen molar-refractivity contribution < 1.29 is 24.2 Å². The van der Waals surface area contributed by atoms with Crippen LogP contribution in [0.15, 0.2) is 0 Å². The highest BCUT2D eigenvalue weighted by Crippen LogP contribution is 2.12. The summed E-state index contributed by atoms with van der Waals surface area (Å²) in [4.78, 5) is 24.6. The number of nitrogens with zero attached hydrogens (tertiary/aromatic N) is 1. The Morgan fingerprint density at radius 3 is 2.32 bits per heavy atom. The second-order valence-corrected chi connectivity index (χ2v) is 5.26. The molecule has 0 rings (SSSR count). The van der Waals surface area contributed by atoms with Crippen LogP contribution in [0.5, 0.6) is 0 Å². The molecule has 1 atom stereocenters. The molecule has 6 heteroatoms. The fourth-order valence-corrected chi connectivity index (χ4v) is 1.36. The Labute approximate surface area is 114 Å². The van der Waals surface area contributed by atoms with Gasteiger partial charge in [-0.25, -0.2) is 4.79 Å².